The maximum absolute atomic E-state index is 14.5. The lowest BCUT2D eigenvalue weighted by Crippen LogP contribution is -2.62. The molecule has 0 aliphatic carbocycles. The number of aliphatic hydroxyl groups is 2. The fourth-order valence-corrected chi connectivity index (χ4v) is 8.48. The predicted molar refractivity (Wildman–Crippen MR) is 298 cm³/mol. The molecule has 0 radical (unpaired) electrons. The second-order valence-electron chi connectivity index (χ2n) is 20.4. The molecule has 0 saturated carbocycles. The minimum Gasteiger partial charge on any atom is -0.391 e. The number of amides is 11. The molecule has 0 unspecified atom stereocenters. The van der Waals surface area contributed by atoms with Crippen molar-refractivity contribution in [2.24, 2.45) is 34.6 Å². The highest BCUT2D eigenvalue weighted by molar-refractivity contribution is 5.99. The molecule has 29 heteroatoms. The molecule has 1 aromatic carbocycles. The van der Waals surface area contributed by atoms with Gasteiger partial charge in [0, 0.05) is 19.4 Å². The Balaban J connectivity index is 2.72. The first kappa shape index (κ1) is 70.2. The number of carbonyl (C=O) groups is 11. The molecule has 2 rings (SSSR count). The van der Waals surface area contributed by atoms with Crippen molar-refractivity contribution < 1.29 is 63.0 Å². The van der Waals surface area contributed by atoms with Crippen LogP contribution in [0.1, 0.15) is 104 Å². The summed E-state index contributed by atoms with van der Waals surface area (Å²) >= 11 is 0. The SMILES string of the molecule is CCCCC(=O)N[C@@H](CCN)C(=O)N[C@H](C(=O)N[C@@H](CCN)C(=O)N[C@H]1CCNC(=O)[C@H]([C@@H](C)O)NC(=O)[C@H](CCN)NC(=O)[C@H](CCN)NC(=O)[C@H](CC(C)C)NC(=O)[C@@H](Cc2ccccc2)NC(=O)[C@H](CCN)NC1=O)[C@@H](C)O. The van der Waals surface area contributed by atoms with Crippen LogP contribution in [0.2, 0.25) is 0 Å². The normalized spacial score (nSPS) is 23.0. The lowest BCUT2D eigenvalue weighted by atomic mass is 10.00. The number of rotatable bonds is 26. The first-order chi connectivity index (χ1) is 38.4. The van der Waals surface area contributed by atoms with Crippen molar-refractivity contribution in [1.82, 2.24) is 58.5 Å². The minimum atomic E-state index is -1.70. The van der Waals surface area contributed by atoms with Crippen molar-refractivity contribution in [3.63, 3.8) is 0 Å². The van der Waals surface area contributed by atoms with Crippen molar-refractivity contribution in [3.8, 4) is 0 Å². The Morgan fingerprint density at radius 3 is 1.56 bits per heavy atom. The van der Waals surface area contributed by atoms with E-state index in [1.807, 2.05) is 6.92 Å². The Morgan fingerprint density at radius 1 is 0.580 bits per heavy atom. The third-order valence-electron chi connectivity index (χ3n) is 13.0. The molecule has 1 aromatic rings. The molecule has 0 bridgehead atoms. The zero-order valence-electron chi connectivity index (χ0n) is 47.2. The van der Waals surface area contributed by atoms with Gasteiger partial charge in [-0.2, -0.15) is 0 Å². The highest BCUT2D eigenvalue weighted by Crippen LogP contribution is 2.11. The second kappa shape index (κ2) is 37.2. The largest absolute Gasteiger partial charge is 0.391 e. The van der Waals surface area contributed by atoms with Crippen LogP contribution in [0.25, 0.3) is 0 Å². The summed E-state index contributed by atoms with van der Waals surface area (Å²) in [5.41, 5.74) is 29.8. The molecule has 81 heavy (non-hydrogen) atoms. The number of nitrogens with one attached hydrogen (secondary N) is 11. The maximum Gasteiger partial charge on any atom is 0.245 e. The van der Waals surface area contributed by atoms with Gasteiger partial charge in [0.05, 0.1) is 12.2 Å². The maximum atomic E-state index is 14.5. The number of benzene rings is 1. The average molecular weight is 1150 g/mol. The summed E-state index contributed by atoms with van der Waals surface area (Å²) in [7, 11) is 0. The van der Waals surface area contributed by atoms with Crippen molar-refractivity contribution >= 4 is 65.0 Å². The lowest BCUT2D eigenvalue weighted by Gasteiger charge is -2.29. The molecule has 12 atom stereocenters. The molecule has 23 N–H and O–H groups in total. The van der Waals surface area contributed by atoms with Gasteiger partial charge in [-0.1, -0.05) is 57.5 Å². The summed E-state index contributed by atoms with van der Waals surface area (Å²) in [6, 6.07) is -6.22. The summed E-state index contributed by atoms with van der Waals surface area (Å²) in [6.07, 6.45) is -3.11. The molecule has 1 saturated heterocycles. The van der Waals surface area contributed by atoms with Crippen LogP contribution >= 0.6 is 0 Å². The molecule has 456 valence electrons. The van der Waals surface area contributed by atoms with E-state index >= 15 is 0 Å². The van der Waals surface area contributed by atoms with Gasteiger partial charge in [-0.3, -0.25) is 52.7 Å². The van der Waals surface area contributed by atoms with E-state index in [4.69, 9.17) is 28.7 Å². The van der Waals surface area contributed by atoms with Gasteiger partial charge in [-0.05, 0) is 109 Å². The Labute approximate surface area is 472 Å². The first-order valence-corrected chi connectivity index (χ1v) is 27.7. The third-order valence-corrected chi connectivity index (χ3v) is 13.0. The van der Waals surface area contributed by atoms with Crippen molar-refractivity contribution in [2.45, 2.75) is 178 Å². The van der Waals surface area contributed by atoms with Crippen LogP contribution in [0.15, 0.2) is 30.3 Å². The van der Waals surface area contributed by atoms with Gasteiger partial charge in [-0.25, -0.2) is 0 Å². The van der Waals surface area contributed by atoms with E-state index in [2.05, 4.69) is 58.5 Å². The van der Waals surface area contributed by atoms with Crippen molar-refractivity contribution in [1.29, 1.82) is 0 Å². The summed E-state index contributed by atoms with van der Waals surface area (Å²) in [4.78, 5) is 153. The molecule has 1 aliphatic heterocycles. The Bertz CT molecular complexity index is 2230. The lowest BCUT2D eigenvalue weighted by molar-refractivity contribution is -0.137. The monoisotopic (exact) mass is 1150 g/mol. The zero-order chi connectivity index (χ0) is 60.8. The fraction of sp³-hybridized carbons (Fsp3) is 0.673. The highest BCUT2D eigenvalue weighted by atomic mass is 16.3. The van der Waals surface area contributed by atoms with Crippen LogP contribution in [0, 0.1) is 5.92 Å². The van der Waals surface area contributed by atoms with Crippen LogP contribution in [-0.4, -0.2) is 187 Å². The third kappa shape index (κ3) is 24.8. The average Bonchev–Trinajstić information content (AvgIpc) is 3.41. The Morgan fingerprint density at radius 2 is 1.06 bits per heavy atom. The smallest absolute Gasteiger partial charge is 0.245 e. The quantitative estimate of drug-likeness (QED) is 0.0410. The van der Waals surface area contributed by atoms with Gasteiger partial charge in [-0.15, -0.1) is 0 Å². The van der Waals surface area contributed by atoms with Crippen molar-refractivity contribution in [3.05, 3.63) is 35.9 Å². The van der Waals surface area contributed by atoms with Gasteiger partial charge < -0.3 is 97.4 Å². The number of hydrogen-bond donors (Lipinski definition) is 18. The summed E-state index contributed by atoms with van der Waals surface area (Å²) in [6.45, 7) is 6.67. The van der Waals surface area contributed by atoms with E-state index in [9.17, 15) is 63.0 Å². The molecule has 1 aliphatic rings. The summed E-state index contributed by atoms with van der Waals surface area (Å²) < 4.78 is 0. The predicted octanol–water partition coefficient (Wildman–Crippen LogP) is -6.66. The molecular weight excluding hydrogens is 1060 g/mol. The number of carbonyl (C=O) groups excluding carboxylic acids is 11. The van der Waals surface area contributed by atoms with E-state index in [0.29, 0.717) is 18.4 Å². The van der Waals surface area contributed by atoms with Crippen LogP contribution < -0.4 is 87.2 Å². The minimum absolute atomic E-state index is 0.0180. The van der Waals surface area contributed by atoms with Crippen LogP contribution in [0.5, 0.6) is 0 Å². The van der Waals surface area contributed by atoms with E-state index in [1.54, 1.807) is 44.2 Å². The van der Waals surface area contributed by atoms with Crippen molar-refractivity contribution in [2.75, 3.05) is 39.3 Å². The molecule has 0 aromatic heterocycles. The standard InChI is InChI=1S/C52H90N16O13/c1-6-7-13-40(71)59-32(14-20-53)47(76)68-42(30(5)70)52(81)64-35(17-23-56)44(73)63-37-19-25-58-51(80)41(29(4)69)67-48(77)36(18-24-57)61-43(72)33(15-21-54)62-49(78)38(26-28(2)3)65-50(79)39(27-31-11-9-8-10-12-31)66-45(74)34(16-22-55)60-46(37)75/h8-12,28-30,32-39,41-42,69-70H,6-7,13-27,53-57H2,1-5H3,(H,58,80)(H,59,71)(H,60,75)(H,61,72)(H,62,78)(H,63,73)(H,64,81)(H,65,79)(H,66,74)(H,67,77)(H,68,76)/t29-,30-,32+,33+,34+,35+,36+,37+,38+,39-,41+,42+/m1/s1. The van der Waals surface area contributed by atoms with Gasteiger partial charge in [0.15, 0.2) is 0 Å². The molecular formula is C52H90N16O13. The number of unbranched alkanes of at least 4 members (excludes halogenated alkanes) is 1. The van der Waals surface area contributed by atoms with Gasteiger partial charge >= 0.3 is 0 Å². The molecule has 11 amide bonds. The Hall–Kier alpha value is -6.89. The van der Waals surface area contributed by atoms with Gasteiger partial charge in [0.2, 0.25) is 65.0 Å². The number of nitrogens with two attached hydrogens (primary N) is 5. The van der Waals surface area contributed by atoms with Crippen LogP contribution in [0.4, 0.5) is 0 Å². The molecule has 1 fully saturated rings. The number of aliphatic hydroxyl groups excluding tert-OH is 2. The summed E-state index contributed by atoms with van der Waals surface area (Å²) in [5, 5.41) is 49.4. The second-order valence-corrected chi connectivity index (χ2v) is 20.4. The topological polar surface area (TPSA) is 491 Å². The number of hydrogen-bond acceptors (Lipinski definition) is 18. The van der Waals surface area contributed by atoms with Gasteiger partial charge in [0.1, 0.15) is 60.4 Å². The fourth-order valence-electron chi connectivity index (χ4n) is 8.48. The molecule has 0 spiro atoms. The van der Waals surface area contributed by atoms with E-state index in [0.717, 1.165) is 0 Å². The summed E-state index contributed by atoms with van der Waals surface area (Å²) in [5.74, 6) is -9.98. The molecule has 1 heterocycles. The Kier molecular flexibility index (Phi) is 32.2. The van der Waals surface area contributed by atoms with E-state index in [-0.39, 0.29) is 90.0 Å². The van der Waals surface area contributed by atoms with E-state index < -0.39 is 151 Å². The van der Waals surface area contributed by atoms with Gasteiger partial charge in [0.25, 0.3) is 0 Å². The van der Waals surface area contributed by atoms with Crippen LogP contribution in [-0.2, 0) is 59.2 Å². The van der Waals surface area contributed by atoms with Crippen LogP contribution in [0.3, 0.4) is 0 Å². The van der Waals surface area contributed by atoms with E-state index in [1.165, 1.54) is 13.8 Å². The first-order valence-electron chi connectivity index (χ1n) is 27.7. The molecule has 29 nitrogen and oxygen atoms in total. The highest BCUT2D eigenvalue weighted by Gasteiger charge is 2.37. The zero-order valence-corrected chi connectivity index (χ0v) is 47.2.